The smallest absolute Gasteiger partial charge is 0.315 e. The molecule has 0 unspecified atom stereocenters. The van der Waals surface area contributed by atoms with Gasteiger partial charge in [0, 0.05) is 32.0 Å². The highest BCUT2D eigenvalue weighted by Crippen LogP contribution is 2.17. The van der Waals surface area contributed by atoms with Crippen LogP contribution in [0.5, 0.6) is 5.75 Å². The summed E-state index contributed by atoms with van der Waals surface area (Å²) in [5, 5.41) is 5.80. The third-order valence-corrected chi connectivity index (χ3v) is 4.59. The number of urea groups is 1. The second kappa shape index (κ2) is 9.60. The van der Waals surface area contributed by atoms with E-state index < -0.39 is 0 Å². The van der Waals surface area contributed by atoms with Crippen molar-refractivity contribution in [1.82, 2.24) is 20.2 Å². The molecule has 0 fully saturated rings. The fourth-order valence-corrected chi connectivity index (χ4v) is 3.07. The molecule has 6 heteroatoms. The molecule has 0 aliphatic carbocycles. The van der Waals surface area contributed by atoms with Gasteiger partial charge in [0.05, 0.1) is 7.11 Å². The van der Waals surface area contributed by atoms with Crippen molar-refractivity contribution >= 4 is 6.03 Å². The molecule has 3 rings (SSSR count). The van der Waals surface area contributed by atoms with Gasteiger partial charge < -0.3 is 19.9 Å². The number of aromatic nitrogens is 2. The third kappa shape index (κ3) is 5.36. The largest absolute Gasteiger partial charge is 0.496 e. The van der Waals surface area contributed by atoms with Crippen LogP contribution in [-0.4, -0.2) is 29.2 Å². The minimum Gasteiger partial charge on any atom is -0.496 e. The van der Waals surface area contributed by atoms with Crippen molar-refractivity contribution in [3.63, 3.8) is 0 Å². The summed E-state index contributed by atoms with van der Waals surface area (Å²) in [6, 6.07) is 15.9. The molecule has 6 nitrogen and oxygen atoms in total. The predicted molar refractivity (Wildman–Crippen MR) is 109 cm³/mol. The monoisotopic (exact) mass is 378 g/mol. The fraction of sp³-hybridized carbons (Fsp3) is 0.273. The lowest BCUT2D eigenvalue weighted by Gasteiger charge is -2.11. The first kappa shape index (κ1) is 19.5. The number of nitrogens with one attached hydrogen (secondary N) is 2. The lowest BCUT2D eigenvalue weighted by atomic mass is 10.1. The van der Waals surface area contributed by atoms with Crippen LogP contribution >= 0.6 is 0 Å². The van der Waals surface area contributed by atoms with Crippen LogP contribution in [0.15, 0.2) is 60.9 Å². The number of amides is 2. The number of aryl methyl sites for hydroxylation is 1. The number of methoxy groups -OCH3 is 1. The molecule has 0 saturated heterocycles. The number of carbonyl (C=O) groups excluding carboxylic acids is 1. The van der Waals surface area contributed by atoms with E-state index in [1.807, 2.05) is 49.5 Å². The zero-order valence-electron chi connectivity index (χ0n) is 16.3. The number of carbonyl (C=O) groups is 1. The molecule has 3 aromatic rings. The van der Waals surface area contributed by atoms with Crippen LogP contribution in [0.3, 0.4) is 0 Å². The molecular formula is C22H26N4O2. The Morgan fingerprint density at radius 3 is 2.71 bits per heavy atom. The molecular weight excluding hydrogens is 352 g/mol. The summed E-state index contributed by atoms with van der Waals surface area (Å²) in [6.07, 6.45) is 4.49. The number of ether oxygens (including phenoxy) is 1. The van der Waals surface area contributed by atoms with Crippen molar-refractivity contribution in [2.45, 2.75) is 26.4 Å². The van der Waals surface area contributed by atoms with Crippen LogP contribution in [0.1, 0.15) is 22.5 Å². The molecule has 1 heterocycles. The van der Waals surface area contributed by atoms with E-state index in [9.17, 15) is 4.79 Å². The molecule has 0 bridgehead atoms. The summed E-state index contributed by atoms with van der Waals surface area (Å²) < 4.78 is 7.42. The number of benzene rings is 2. The van der Waals surface area contributed by atoms with Gasteiger partial charge in [-0.1, -0.05) is 42.5 Å². The van der Waals surface area contributed by atoms with Crippen LogP contribution in [0.4, 0.5) is 4.79 Å². The van der Waals surface area contributed by atoms with Crippen LogP contribution in [0.25, 0.3) is 0 Å². The van der Waals surface area contributed by atoms with Crippen LogP contribution in [0, 0.1) is 6.92 Å². The maximum absolute atomic E-state index is 12.1. The van der Waals surface area contributed by atoms with Crippen molar-refractivity contribution in [2.75, 3.05) is 13.7 Å². The molecule has 146 valence electrons. The van der Waals surface area contributed by atoms with Gasteiger partial charge in [0.2, 0.25) is 0 Å². The maximum atomic E-state index is 12.1. The normalized spacial score (nSPS) is 10.5. The SMILES string of the molecule is COc1ccccc1CCNC(=O)NCc1cccc(Cn2ccnc2C)c1. The lowest BCUT2D eigenvalue weighted by Crippen LogP contribution is -2.36. The summed E-state index contributed by atoms with van der Waals surface area (Å²) in [7, 11) is 1.65. The van der Waals surface area contributed by atoms with Gasteiger partial charge in [-0.2, -0.15) is 0 Å². The zero-order valence-corrected chi connectivity index (χ0v) is 16.3. The molecule has 0 aliphatic rings. The van der Waals surface area contributed by atoms with E-state index in [2.05, 4.69) is 32.3 Å². The van der Waals surface area contributed by atoms with Crippen LogP contribution in [0.2, 0.25) is 0 Å². The summed E-state index contributed by atoms with van der Waals surface area (Å²) >= 11 is 0. The molecule has 2 N–H and O–H groups in total. The third-order valence-electron chi connectivity index (χ3n) is 4.59. The Morgan fingerprint density at radius 1 is 1.11 bits per heavy atom. The van der Waals surface area contributed by atoms with E-state index in [0.717, 1.165) is 35.7 Å². The van der Waals surface area contributed by atoms with Crippen LogP contribution < -0.4 is 15.4 Å². The molecule has 0 atom stereocenters. The van der Waals surface area contributed by atoms with Gasteiger partial charge in [0.25, 0.3) is 0 Å². The van der Waals surface area contributed by atoms with E-state index in [1.165, 1.54) is 5.56 Å². The Morgan fingerprint density at radius 2 is 1.93 bits per heavy atom. The van der Waals surface area contributed by atoms with E-state index in [4.69, 9.17) is 4.74 Å². The topological polar surface area (TPSA) is 68.2 Å². The quantitative estimate of drug-likeness (QED) is 0.632. The van der Waals surface area contributed by atoms with Crippen molar-refractivity contribution in [1.29, 1.82) is 0 Å². The van der Waals surface area contributed by atoms with Gasteiger partial charge in [-0.15, -0.1) is 0 Å². The van der Waals surface area contributed by atoms with Gasteiger partial charge in [0.15, 0.2) is 0 Å². The molecule has 0 spiro atoms. The lowest BCUT2D eigenvalue weighted by molar-refractivity contribution is 0.240. The molecule has 0 aliphatic heterocycles. The highest BCUT2D eigenvalue weighted by Gasteiger charge is 2.05. The number of imidazole rings is 1. The zero-order chi connectivity index (χ0) is 19.8. The van der Waals surface area contributed by atoms with Crippen molar-refractivity contribution in [3.05, 3.63) is 83.4 Å². The van der Waals surface area contributed by atoms with Gasteiger partial charge >= 0.3 is 6.03 Å². The molecule has 2 amide bonds. The predicted octanol–water partition coefficient (Wildman–Crippen LogP) is 3.29. The van der Waals surface area contributed by atoms with E-state index >= 15 is 0 Å². The van der Waals surface area contributed by atoms with Gasteiger partial charge in [0.1, 0.15) is 11.6 Å². The van der Waals surface area contributed by atoms with E-state index in [1.54, 1.807) is 13.3 Å². The number of hydrogen-bond acceptors (Lipinski definition) is 3. The minimum atomic E-state index is -0.175. The van der Waals surface area contributed by atoms with Crippen molar-refractivity contribution in [2.24, 2.45) is 0 Å². The first-order valence-corrected chi connectivity index (χ1v) is 9.35. The standard InChI is InChI=1S/C22H26N4O2/c1-17-23-12-13-26(17)16-19-7-5-6-18(14-19)15-25-22(27)24-11-10-20-8-3-4-9-21(20)28-2/h3-9,12-14H,10-11,15-16H2,1-2H3,(H2,24,25,27). The average molecular weight is 378 g/mol. The Bertz CT molecular complexity index is 920. The number of nitrogens with zero attached hydrogens (tertiary/aromatic N) is 2. The Balaban J connectivity index is 1.45. The van der Waals surface area contributed by atoms with E-state index in [0.29, 0.717) is 13.1 Å². The molecule has 28 heavy (non-hydrogen) atoms. The second-order valence-corrected chi connectivity index (χ2v) is 6.59. The summed E-state index contributed by atoms with van der Waals surface area (Å²) in [5.74, 6) is 1.83. The van der Waals surface area contributed by atoms with Gasteiger partial charge in [-0.3, -0.25) is 0 Å². The first-order valence-electron chi connectivity index (χ1n) is 9.35. The van der Waals surface area contributed by atoms with Crippen LogP contribution in [-0.2, 0) is 19.5 Å². The van der Waals surface area contributed by atoms with Gasteiger partial charge in [-0.25, -0.2) is 9.78 Å². The molecule has 1 aromatic heterocycles. The number of rotatable bonds is 8. The summed E-state index contributed by atoms with van der Waals surface area (Å²) in [4.78, 5) is 16.3. The summed E-state index contributed by atoms with van der Waals surface area (Å²) in [5.41, 5.74) is 3.32. The highest BCUT2D eigenvalue weighted by molar-refractivity contribution is 5.73. The maximum Gasteiger partial charge on any atom is 0.315 e. The highest BCUT2D eigenvalue weighted by atomic mass is 16.5. The summed E-state index contributed by atoms with van der Waals surface area (Å²) in [6.45, 7) is 3.79. The van der Waals surface area contributed by atoms with E-state index in [-0.39, 0.29) is 6.03 Å². The molecule has 0 radical (unpaired) electrons. The molecule has 2 aromatic carbocycles. The fourth-order valence-electron chi connectivity index (χ4n) is 3.07. The minimum absolute atomic E-state index is 0.175. The Hall–Kier alpha value is -3.28. The van der Waals surface area contributed by atoms with Crippen molar-refractivity contribution < 1.29 is 9.53 Å². The Labute approximate surface area is 165 Å². The number of para-hydroxylation sites is 1. The Kier molecular flexibility index (Phi) is 6.68. The average Bonchev–Trinajstić information content (AvgIpc) is 3.11. The number of hydrogen-bond donors (Lipinski definition) is 2. The molecule has 0 saturated carbocycles. The van der Waals surface area contributed by atoms with Gasteiger partial charge in [-0.05, 0) is 36.1 Å². The second-order valence-electron chi connectivity index (χ2n) is 6.59. The first-order chi connectivity index (χ1) is 13.7. The van der Waals surface area contributed by atoms with Crippen molar-refractivity contribution in [3.8, 4) is 5.75 Å².